The minimum atomic E-state index is -0.364. The zero-order valence-corrected chi connectivity index (χ0v) is 10.2. The third-order valence-corrected chi connectivity index (χ3v) is 2.33. The van der Waals surface area contributed by atoms with E-state index >= 15 is 0 Å². The lowest BCUT2D eigenvalue weighted by Gasteiger charge is -2.20. The molecule has 0 saturated carbocycles. The summed E-state index contributed by atoms with van der Waals surface area (Å²) >= 11 is 0. The molecular formula is C12H18N2O3. The summed E-state index contributed by atoms with van der Waals surface area (Å²) in [7, 11) is 0. The van der Waals surface area contributed by atoms with Gasteiger partial charge in [-0.2, -0.15) is 0 Å². The van der Waals surface area contributed by atoms with Gasteiger partial charge in [0.25, 0.3) is 0 Å². The maximum absolute atomic E-state index is 11.4. The number of hydrogen-bond donors (Lipinski definition) is 1. The van der Waals surface area contributed by atoms with Gasteiger partial charge in [0.15, 0.2) is 0 Å². The minimum Gasteiger partial charge on any atom is -0.462 e. The number of carbonyl (C=O) groups excluding carboxylic acids is 1. The van der Waals surface area contributed by atoms with Gasteiger partial charge in [-0.15, -0.1) is 0 Å². The summed E-state index contributed by atoms with van der Waals surface area (Å²) in [4.78, 5) is 17.5. The topological polar surface area (TPSA) is 62.7 Å². The van der Waals surface area contributed by atoms with Gasteiger partial charge in [0.2, 0.25) is 0 Å². The number of ether oxygens (including phenoxy) is 1. The zero-order valence-electron chi connectivity index (χ0n) is 10.2. The number of pyridine rings is 1. The Kier molecular flexibility index (Phi) is 5.42. The fourth-order valence-electron chi connectivity index (χ4n) is 1.46. The highest BCUT2D eigenvalue weighted by atomic mass is 16.5. The molecule has 1 aromatic heterocycles. The Hall–Kier alpha value is -1.62. The molecule has 0 unspecified atom stereocenters. The highest BCUT2D eigenvalue weighted by molar-refractivity contribution is 5.89. The van der Waals surface area contributed by atoms with Gasteiger partial charge in [0.1, 0.15) is 5.82 Å². The predicted octanol–water partition coefficient (Wildman–Crippen LogP) is 1.08. The lowest BCUT2D eigenvalue weighted by atomic mass is 10.3. The molecule has 1 heterocycles. The highest BCUT2D eigenvalue weighted by Gasteiger charge is 2.09. The molecular weight excluding hydrogens is 220 g/mol. The van der Waals surface area contributed by atoms with Crippen molar-refractivity contribution < 1.29 is 14.6 Å². The molecule has 94 valence electrons. The van der Waals surface area contributed by atoms with E-state index in [1.807, 2.05) is 11.8 Å². The van der Waals surface area contributed by atoms with Crippen molar-refractivity contribution in [3.8, 4) is 0 Å². The first-order chi connectivity index (χ1) is 8.22. The largest absolute Gasteiger partial charge is 0.462 e. The van der Waals surface area contributed by atoms with Crippen molar-refractivity contribution in [3.63, 3.8) is 0 Å². The molecule has 0 atom stereocenters. The fourth-order valence-corrected chi connectivity index (χ4v) is 1.46. The van der Waals surface area contributed by atoms with E-state index in [1.54, 1.807) is 19.1 Å². The summed E-state index contributed by atoms with van der Waals surface area (Å²) in [5.41, 5.74) is 0.440. The fraction of sp³-hybridized carbons (Fsp3) is 0.500. The van der Waals surface area contributed by atoms with Crippen molar-refractivity contribution >= 4 is 11.8 Å². The first kappa shape index (κ1) is 13.4. The zero-order chi connectivity index (χ0) is 12.7. The third kappa shape index (κ3) is 3.71. The second-order valence-electron chi connectivity index (χ2n) is 3.43. The normalized spacial score (nSPS) is 10.1. The van der Waals surface area contributed by atoms with E-state index in [4.69, 9.17) is 9.84 Å². The number of esters is 1. The van der Waals surface area contributed by atoms with Crippen LogP contribution in [0.3, 0.4) is 0 Å². The van der Waals surface area contributed by atoms with Gasteiger partial charge in [0, 0.05) is 19.3 Å². The van der Waals surface area contributed by atoms with Gasteiger partial charge in [0.05, 0.1) is 18.8 Å². The molecule has 5 heteroatoms. The van der Waals surface area contributed by atoms with E-state index in [0.29, 0.717) is 18.7 Å². The van der Waals surface area contributed by atoms with Gasteiger partial charge in [-0.1, -0.05) is 0 Å². The van der Waals surface area contributed by atoms with E-state index in [1.165, 1.54) is 6.20 Å². The number of likely N-dealkylation sites (N-methyl/N-ethyl adjacent to an activating group) is 1. The van der Waals surface area contributed by atoms with Crippen molar-refractivity contribution in [1.82, 2.24) is 4.98 Å². The first-order valence-electron chi connectivity index (χ1n) is 5.71. The average molecular weight is 238 g/mol. The van der Waals surface area contributed by atoms with Gasteiger partial charge >= 0.3 is 5.97 Å². The van der Waals surface area contributed by atoms with E-state index in [0.717, 1.165) is 12.4 Å². The van der Waals surface area contributed by atoms with Gasteiger partial charge in [-0.3, -0.25) is 0 Å². The predicted molar refractivity (Wildman–Crippen MR) is 65.2 cm³/mol. The lowest BCUT2D eigenvalue weighted by Crippen LogP contribution is -2.27. The van der Waals surface area contributed by atoms with E-state index in [9.17, 15) is 4.79 Å². The number of hydrogen-bond acceptors (Lipinski definition) is 5. The molecule has 0 bridgehead atoms. The molecule has 17 heavy (non-hydrogen) atoms. The summed E-state index contributed by atoms with van der Waals surface area (Å²) in [6, 6.07) is 3.44. The summed E-state index contributed by atoms with van der Waals surface area (Å²) in [5.74, 6) is 0.381. The van der Waals surface area contributed by atoms with Gasteiger partial charge < -0.3 is 14.7 Å². The van der Waals surface area contributed by atoms with Crippen molar-refractivity contribution in [2.75, 3.05) is 31.2 Å². The van der Waals surface area contributed by atoms with Crippen molar-refractivity contribution in [2.45, 2.75) is 13.8 Å². The van der Waals surface area contributed by atoms with Crippen LogP contribution in [0.1, 0.15) is 24.2 Å². The monoisotopic (exact) mass is 238 g/mol. The second-order valence-corrected chi connectivity index (χ2v) is 3.43. The second kappa shape index (κ2) is 6.85. The molecule has 1 rings (SSSR count). The number of anilines is 1. The van der Waals surface area contributed by atoms with Crippen molar-refractivity contribution in [3.05, 3.63) is 23.9 Å². The number of aromatic nitrogens is 1. The lowest BCUT2D eigenvalue weighted by molar-refractivity contribution is 0.0526. The van der Waals surface area contributed by atoms with Crippen LogP contribution >= 0.6 is 0 Å². The Morgan fingerprint density at radius 1 is 1.47 bits per heavy atom. The van der Waals surface area contributed by atoms with Crippen LogP contribution in [0.25, 0.3) is 0 Å². The molecule has 1 aromatic rings. The number of aliphatic hydroxyl groups is 1. The molecule has 5 nitrogen and oxygen atoms in total. The van der Waals surface area contributed by atoms with Crippen molar-refractivity contribution in [2.24, 2.45) is 0 Å². The van der Waals surface area contributed by atoms with Crippen LogP contribution in [0.2, 0.25) is 0 Å². The van der Waals surface area contributed by atoms with Crippen LogP contribution in [-0.2, 0) is 4.74 Å². The molecule has 0 spiro atoms. The van der Waals surface area contributed by atoms with Crippen LogP contribution in [0.4, 0.5) is 5.82 Å². The summed E-state index contributed by atoms with van der Waals surface area (Å²) in [6.45, 7) is 5.46. The van der Waals surface area contributed by atoms with Gasteiger partial charge in [-0.05, 0) is 26.0 Å². The van der Waals surface area contributed by atoms with E-state index in [-0.39, 0.29) is 12.6 Å². The maximum Gasteiger partial charge on any atom is 0.339 e. The Morgan fingerprint density at radius 2 is 2.24 bits per heavy atom. The highest BCUT2D eigenvalue weighted by Crippen LogP contribution is 2.11. The molecule has 0 fully saturated rings. The number of rotatable bonds is 6. The Balaban J connectivity index is 2.76. The van der Waals surface area contributed by atoms with E-state index in [2.05, 4.69) is 4.98 Å². The van der Waals surface area contributed by atoms with Crippen molar-refractivity contribution in [1.29, 1.82) is 0 Å². The van der Waals surface area contributed by atoms with Crippen LogP contribution in [0, 0.1) is 0 Å². The maximum atomic E-state index is 11.4. The molecule has 0 amide bonds. The molecule has 0 radical (unpaired) electrons. The van der Waals surface area contributed by atoms with Crippen LogP contribution in [-0.4, -0.2) is 42.4 Å². The average Bonchev–Trinajstić information content (AvgIpc) is 2.36. The Bertz CT molecular complexity index is 351. The first-order valence-corrected chi connectivity index (χ1v) is 5.71. The SMILES string of the molecule is CCOC(=O)c1ccc(N(CC)CCO)nc1. The van der Waals surface area contributed by atoms with Gasteiger partial charge in [-0.25, -0.2) is 9.78 Å². The summed E-state index contributed by atoms with van der Waals surface area (Å²) in [6.07, 6.45) is 1.49. The third-order valence-electron chi connectivity index (χ3n) is 2.33. The van der Waals surface area contributed by atoms with Crippen LogP contribution in [0.15, 0.2) is 18.3 Å². The quantitative estimate of drug-likeness (QED) is 0.751. The van der Waals surface area contributed by atoms with Crippen LogP contribution in [0.5, 0.6) is 0 Å². The Morgan fingerprint density at radius 3 is 2.71 bits per heavy atom. The van der Waals surface area contributed by atoms with E-state index < -0.39 is 0 Å². The molecule has 0 aliphatic rings. The Labute approximate surface area is 101 Å². The number of aliphatic hydroxyl groups excluding tert-OH is 1. The molecule has 0 aliphatic heterocycles. The molecule has 1 N–H and O–H groups in total. The summed E-state index contributed by atoms with van der Waals surface area (Å²) in [5, 5.41) is 8.90. The smallest absolute Gasteiger partial charge is 0.339 e. The standard InChI is InChI=1S/C12H18N2O3/c1-3-14(7-8-15)11-6-5-10(9-13-11)12(16)17-4-2/h5-6,9,15H,3-4,7-8H2,1-2H3. The molecule has 0 aromatic carbocycles. The molecule has 0 saturated heterocycles. The van der Waals surface area contributed by atoms with Crippen LogP contribution < -0.4 is 4.90 Å². The molecule has 0 aliphatic carbocycles. The summed E-state index contributed by atoms with van der Waals surface area (Å²) < 4.78 is 4.87. The number of carbonyl (C=O) groups is 1. The minimum absolute atomic E-state index is 0.0785. The number of nitrogens with zero attached hydrogens (tertiary/aromatic N) is 2.